The van der Waals surface area contributed by atoms with E-state index in [4.69, 9.17) is 0 Å². The van der Waals surface area contributed by atoms with Crippen molar-refractivity contribution in [1.29, 1.82) is 0 Å². The molecular formula is C20H24N3O3S2+. The zero-order valence-electron chi connectivity index (χ0n) is 16.2. The molecule has 0 saturated carbocycles. The third-order valence-electron chi connectivity index (χ3n) is 4.33. The molecule has 0 unspecified atom stereocenters. The second kappa shape index (κ2) is 8.38. The molecule has 0 bridgehead atoms. The number of amides is 1. The molecule has 1 N–H and O–H groups in total. The molecule has 0 aliphatic carbocycles. The molecule has 3 aromatic rings. The molecule has 0 saturated heterocycles. The maximum atomic E-state index is 13.4. The largest absolute Gasteiger partial charge is 0.340 e. The summed E-state index contributed by atoms with van der Waals surface area (Å²) in [5, 5.41) is 0.586. The fourth-order valence-electron chi connectivity index (χ4n) is 2.96. The number of para-hydroxylation sites is 1. The number of aromatic nitrogens is 1. The summed E-state index contributed by atoms with van der Waals surface area (Å²) in [6.07, 6.45) is 1.90. The van der Waals surface area contributed by atoms with E-state index in [0.29, 0.717) is 11.7 Å². The fraction of sp³-hybridized carbons (Fsp3) is 0.300. The first-order chi connectivity index (χ1) is 13.3. The van der Waals surface area contributed by atoms with Gasteiger partial charge in [0.15, 0.2) is 15.0 Å². The Labute approximate surface area is 169 Å². The van der Waals surface area contributed by atoms with Gasteiger partial charge >= 0.3 is 0 Å². The first kappa shape index (κ1) is 20.4. The minimum atomic E-state index is -3.52. The van der Waals surface area contributed by atoms with Gasteiger partial charge in [0.1, 0.15) is 0 Å². The second-order valence-electron chi connectivity index (χ2n) is 7.00. The van der Waals surface area contributed by atoms with Gasteiger partial charge in [-0.2, -0.15) is 0 Å². The van der Waals surface area contributed by atoms with Crippen molar-refractivity contribution in [3.8, 4) is 0 Å². The Morgan fingerprint density at radius 2 is 1.79 bits per heavy atom. The molecule has 0 spiro atoms. The summed E-state index contributed by atoms with van der Waals surface area (Å²) < 4.78 is 25.3. The van der Waals surface area contributed by atoms with Crippen molar-refractivity contribution in [2.45, 2.75) is 11.3 Å². The topological polar surface area (TPSA) is 71.8 Å². The van der Waals surface area contributed by atoms with Crippen molar-refractivity contribution in [3.05, 3.63) is 54.1 Å². The van der Waals surface area contributed by atoms with Crippen molar-refractivity contribution >= 4 is 42.4 Å². The molecule has 0 aliphatic rings. The fourth-order valence-corrected chi connectivity index (χ4v) is 4.83. The zero-order valence-corrected chi connectivity index (χ0v) is 17.8. The van der Waals surface area contributed by atoms with Crippen molar-refractivity contribution < 1.29 is 18.1 Å². The van der Waals surface area contributed by atoms with Crippen molar-refractivity contribution in [3.63, 3.8) is 0 Å². The Hall–Kier alpha value is -2.29. The highest BCUT2D eigenvalue weighted by Crippen LogP contribution is 2.30. The number of thiazole rings is 1. The van der Waals surface area contributed by atoms with Gasteiger partial charge in [-0.25, -0.2) is 13.4 Å². The van der Waals surface area contributed by atoms with E-state index in [1.807, 2.05) is 24.3 Å². The van der Waals surface area contributed by atoms with Crippen molar-refractivity contribution in [1.82, 2.24) is 4.98 Å². The number of hydrogen-bond donors (Lipinski definition) is 1. The Morgan fingerprint density at radius 1 is 1.11 bits per heavy atom. The lowest BCUT2D eigenvalue weighted by Gasteiger charge is -2.21. The molecule has 2 aromatic carbocycles. The second-order valence-corrected chi connectivity index (χ2v) is 9.99. The van der Waals surface area contributed by atoms with Gasteiger partial charge < -0.3 is 4.90 Å². The lowest BCUT2D eigenvalue weighted by atomic mass is 10.2. The Balaban J connectivity index is 2.03. The highest BCUT2D eigenvalue weighted by Gasteiger charge is 2.26. The minimum Gasteiger partial charge on any atom is -0.340 e. The number of quaternary nitrogens is 1. The maximum Gasteiger partial charge on any atom is 0.261 e. The monoisotopic (exact) mass is 418 g/mol. The molecule has 0 atom stereocenters. The molecule has 28 heavy (non-hydrogen) atoms. The molecule has 0 fully saturated rings. The Morgan fingerprint density at radius 3 is 2.46 bits per heavy atom. The number of nitrogens with one attached hydrogen (secondary N) is 1. The molecule has 148 valence electrons. The summed E-state index contributed by atoms with van der Waals surface area (Å²) in [5.74, 6) is -0.339. The van der Waals surface area contributed by atoms with Crippen LogP contribution in [0.25, 0.3) is 10.2 Å². The summed E-state index contributed by atoms with van der Waals surface area (Å²) in [5.41, 5.74) is 1.01. The zero-order chi connectivity index (χ0) is 20.3. The average Bonchev–Trinajstić information content (AvgIpc) is 3.07. The summed E-state index contributed by atoms with van der Waals surface area (Å²) in [4.78, 5) is 20.9. The highest BCUT2D eigenvalue weighted by atomic mass is 32.2. The first-order valence-corrected chi connectivity index (χ1v) is 11.7. The molecule has 3 rings (SSSR count). The predicted molar refractivity (Wildman–Crippen MR) is 113 cm³/mol. The average molecular weight is 419 g/mol. The standard InChI is InChI=1S/C20H23N3O3S2/c1-22(2)13-8-14-23(20-21-16-10-5-6-11-17(16)27-20)19(24)15-9-4-7-12-18(15)28(3,25)26/h4-7,9-12H,8,13-14H2,1-3H3/p+1. The number of sulfone groups is 1. The third kappa shape index (κ3) is 4.57. The van der Waals surface area contributed by atoms with E-state index in [0.717, 1.165) is 29.4 Å². The van der Waals surface area contributed by atoms with E-state index in [-0.39, 0.29) is 16.4 Å². The van der Waals surface area contributed by atoms with Crippen LogP contribution in [-0.4, -0.2) is 52.7 Å². The van der Waals surface area contributed by atoms with Crippen LogP contribution in [-0.2, 0) is 9.84 Å². The van der Waals surface area contributed by atoms with Crippen LogP contribution in [0.3, 0.4) is 0 Å². The summed E-state index contributed by atoms with van der Waals surface area (Å²) in [6, 6.07) is 14.1. The minimum absolute atomic E-state index is 0.0457. The van der Waals surface area contributed by atoms with E-state index in [1.165, 1.54) is 22.3 Å². The van der Waals surface area contributed by atoms with Gasteiger partial charge in [0.25, 0.3) is 5.91 Å². The molecule has 1 amide bonds. The number of nitrogens with zero attached hydrogens (tertiary/aromatic N) is 2. The van der Waals surface area contributed by atoms with Gasteiger partial charge in [0.05, 0.1) is 41.3 Å². The van der Waals surface area contributed by atoms with Crippen LogP contribution in [0.15, 0.2) is 53.4 Å². The van der Waals surface area contributed by atoms with Crippen LogP contribution in [0, 0.1) is 0 Å². The number of fused-ring (bicyclic) bond motifs is 1. The number of carbonyl (C=O) groups is 1. The van der Waals surface area contributed by atoms with Crippen LogP contribution < -0.4 is 9.80 Å². The molecule has 1 heterocycles. The van der Waals surface area contributed by atoms with Crippen molar-refractivity contribution in [2.75, 3.05) is 38.3 Å². The summed E-state index contributed by atoms with van der Waals surface area (Å²) in [7, 11) is 0.595. The highest BCUT2D eigenvalue weighted by molar-refractivity contribution is 7.90. The lowest BCUT2D eigenvalue weighted by molar-refractivity contribution is -0.858. The van der Waals surface area contributed by atoms with Gasteiger partial charge in [-0.3, -0.25) is 9.69 Å². The number of benzene rings is 2. The number of hydrogen-bond acceptors (Lipinski definition) is 5. The van der Waals surface area contributed by atoms with E-state index in [9.17, 15) is 13.2 Å². The van der Waals surface area contributed by atoms with Gasteiger partial charge in [0, 0.05) is 19.2 Å². The molecule has 1 aromatic heterocycles. The number of anilines is 1. The normalized spacial score (nSPS) is 11.9. The first-order valence-electron chi connectivity index (χ1n) is 9.03. The smallest absolute Gasteiger partial charge is 0.261 e. The summed E-state index contributed by atoms with van der Waals surface area (Å²) >= 11 is 1.44. The van der Waals surface area contributed by atoms with Crippen LogP contribution in [0.1, 0.15) is 16.8 Å². The van der Waals surface area contributed by atoms with Gasteiger partial charge in [0.2, 0.25) is 0 Å². The summed E-state index contributed by atoms with van der Waals surface area (Å²) in [6.45, 7) is 1.37. The molecular weight excluding hydrogens is 394 g/mol. The van der Waals surface area contributed by atoms with Crippen molar-refractivity contribution in [2.24, 2.45) is 0 Å². The molecule has 6 nitrogen and oxygen atoms in total. The van der Waals surface area contributed by atoms with E-state index in [2.05, 4.69) is 19.1 Å². The van der Waals surface area contributed by atoms with Gasteiger partial charge in [-0.05, 0) is 24.3 Å². The van der Waals surface area contributed by atoms with Crippen LogP contribution in [0.5, 0.6) is 0 Å². The maximum absolute atomic E-state index is 13.4. The van der Waals surface area contributed by atoms with E-state index < -0.39 is 9.84 Å². The SMILES string of the molecule is C[NH+](C)CCCN(C(=O)c1ccccc1S(C)(=O)=O)c1nc2ccccc2s1. The molecule has 8 heteroatoms. The van der Waals surface area contributed by atoms with Gasteiger partial charge in [-0.1, -0.05) is 35.6 Å². The number of carbonyl (C=O) groups excluding carboxylic acids is 1. The van der Waals surface area contributed by atoms with Crippen LogP contribution in [0.4, 0.5) is 5.13 Å². The number of rotatable bonds is 7. The Kier molecular flexibility index (Phi) is 6.12. The van der Waals surface area contributed by atoms with E-state index in [1.54, 1.807) is 23.1 Å². The third-order valence-corrected chi connectivity index (χ3v) is 6.55. The Bertz CT molecular complexity index is 1060. The van der Waals surface area contributed by atoms with E-state index >= 15 is 0 Å². The van der Waals surface area contributed by atoms with Crippen LogP contribution in [0.2, 0.25) is 0 Å². The lowest BCUT2D eigenvalue weighted by Crippen LogP contribution is -3.05. The van der Waals surface area contributed by atoms with Gasteiger partial charge in [-0.15, -0.1) is 0 Å². The molecule has 0 radical (unpaired) electrons. The quantitative estimate of drug-likeness (QED) is 0.636. The predicted octanol–water partition coefficient (Wildman–Crippen LogP) is 1.88. The molecule has 0 aliphatic heterocycles. The van der Waals surface area contributed by atoms with Crippen LogP contribution >= 0.6 is 11.3 Å².